The van der Waals surface area contributed by atoms with Gasteiger partial charge in [-0.25, -0.2) is 0 Å². The SMILES string of the molecule is CC(O)c1cccc(NC(=O)c2cc(Cl)ccc2Cl)c1. The van der Waals surface area contributed by atoms with Gasteiger partial charge in [0.25, 0.3) is 5.91 Å². The first-order chi connectivity index (χ1) is 9.47. The Balaban J connectivity index is 2.23. The number of aliphatic hydroxyl groups is 1. The molecule has 20 heavy (non-hydrogen) atoms. The Bertz CT molecular complexity index is 642. The monoisotopic (exact) mass is 309 g/mol. The van der Waals surface area contributed by atoms with E-state index in [-0.39, 0.29) is 5.91 Å². The summed E-state index contributed by atoms with van der Waals surface area (Å²) in [6, 6.07) is 11.7. The van der Waals surface area contributed by atoms with Crippen LogP contribution >= 0.6 is 23.2 Å². The van der Waals surface area contributed by atoms with Crippen LogP contribution in [0.2, 0.25) is 10.0 Å². The summed E-state index contributed by atoms with van der Waals surface area (Å²) in [5.41, 5.74) is 1.62. The Kier molecular flexibility index (Phi) is 4.65. The number of hydrogen-bond acceptors (Lipinski definition) is 2. The smallest absolute Gasteiger partial charge is 0.257 e. The molecule has 0 bridgehead atoms. The Morgan fingerprint density at radius 1 is 1.20 bits per heavy atom. The maximum Gasteiger partial charge on any atom is 0.257 e. The number of amides is 1. The predicted octanol–water partition coefficient (Wildman–Crippen LogP) is 4.30. The molecule has 0 saturated heterocycles. The zero-order valence-corrected chi connectivity index (χ0v) is 12.2. The van der Waals surface area contributed by atoms with Gasteiger partial charge in [-0.15, -0.1) is 0 Å². The number of benzene rings is 2. The van der Waals surface area contributed by atoms with Crippen LogP contribution in [0.25, 0.3) is 0 Å². The zero-order chi connectivity index (χ0) is 14.7. The second kappa shape index (κ2) is 6.27. The molecule has 104 valence electrons. The molecule has 0 saturated carbocycles. The van der Waals surface area contributed by atoms with Crippen LogP contribution in [-0.4, -0.2) is 11.0 Å². The third-order valence-corrected chi connectivity index (χ3v) is 3.36. The molecule has 2 N–H and O–H groups in total. The van der Waals surface area contributed by atoms with E-state index in [9.17, 15) is 9.90 Å². The van der Waals surface area contributed by atoms with Crippen molar-refractivity contribution in [3.63, 3.8) is 0 Å². The lowest BCUT2D eigenvalue weighted by Gasteiger charge is -2.10. The minimum atomic E-state index is -0.596. The standard InChI is InChI=1S/C15H13Cl2NO2/c1-9(19)10-3-2-4-12(7-10)18-15(20)13-8-11(16)5-6-14(13)17/h2-9,19H,1H3,(H,18,20). The van der Waals surface area contributed by atoms with Gasteiger partial charge in [-0.05, 0) is 42.8 Å². The summed E-state index contributed by atoms with van der Waals surface area (Å²) in [6.45, 7) is 1.66. The summed E-state index contributed by atoms with van der Waals surface area (Å²) in [7, 11) is 0. The Labute approximate surface area is 127 Å². The van der Waals surface area contributed by atoms with Gasteiger partial charge in [0.1, 0.15) is 0 Å². The van der Waals surface area contributed by atoms with Gasteiger partial charge in [0.15, 0.2) is 0 Å². The zero-order valence-electron chi connectivity index (χ0n) is 10.7. The summed E-state index contributed by atoms with van der Waals surface area (Å²) < 4.78 is 0. The highest BCUT2D eigenvalue weighted by Gasteiger charge is 2.12. The molecule has 0 radical (unpaired) electrons. The Morgan fingerprint density at radius 2 is 1.95 bits per heavy atom. The van der Waals surface area contributed by atoms with Crippen LogP contribution in [0.5, 0.6) is 0 Å². The molecule has 3 nitrogen and oxygen atoms in total. The largest absolute Gasteiger partial charge is 0.389 e. The summed E-state index contributed by atoms with van der Waals surface area (Å²) in [6.07, 6.45) is -0.596. The van der Waals surface area contributed by atoms with Gasteiger partial charge in [-0.1, -0.05) is 35.3 Å². The third-order valence-electron chi connectivity index (χ3n) is 2.80. The van der Waals surface area contributed by atoms with E-state index in [1.807, 2.05) is 0 Å². The van der Waals surface area contributed by atoms with Gasteiger partial charge >= 0.3 is 0 Å². The van der Waals surface area contributed by atoms with Crippen LogP contribution in [0.15, 0.2) is 42.5 Å². The molecule has 0 aliphatic carbocycles. The van der Waals surface area contributed by atoms with E-state index in [4.69, 9.17) is 23.2 Å². The van der Waals surface area contributed by atoms with Crippen molar-refractivity contribution < 1.29 is 9.90 Å². The van der Waals surface area contributed by atoms with E-state index in [0.29, 0.717) is 21.3 Å². The molecule has 1 atom stereocenters. The van der Waals surface area contributed by atoms with Crippen molar-refractivity contribution in [2.24, 2.45) is 0 Å². The molecule has 1 unspecified atom stereocenters. The highest BCUT2D eigenvalue weighted by atomic mass is 35.5. The quantitative estimate of drug-likeness (QED) is 0.888. The van der Waals surface area contributed by atoms with Gasteiger partial charge in [-0.2, -0.15) is 0 Å². The fourth-order valence-electron chi connectivity index (χ4n) is 1.75. The van der Waals surface area contributed by atoms with Gasteiger partial charge in [-0.3, -0.25) is 4.79 Å². The number of carbonyl (C=O) groups is 1. The topological polar surface area (TPSA) is 49.3 Å². The molecular weight excluding hydrogens is 297 g/mol. The van der Waals surface area contributed by atoms with Crippen molar-refractivity contribution in [1.29, 1.82) is 0 Å². The first-order valence-electron chi connectivity index (χ1n) is 6.02. The van der Waals surface area contributed by atoms with E-state index >= 15 is 0 Å². The number of anilines is 1. The Hall–Kier alpha value is -1.55. The summed E-state index contributed by atoms with van der Waals surface area (Å²) >= 11 is 11.8. The minimum Gasteiger partial charge on any atom is -0.389 e. The van der Waals surface area contributed by atoms with Crippen LogP contribution in [0.1, 0.15) is 28.9 Å². The molecule has 2 rings (SSSR count). The predicted molar refractivity (Wildman–Crippen MR) is 81.5 cm³/mol. The number of carbonyl (C=O) groups excluding carboxylic acids is 1. The molecule has 1 amide bonds. The lowest BCUT2D eigenvalue weighted by atomic mass is 10.1. The van der Waals surface area contributed by atoms with Crippen molar-refractivity contribution >= 4 is 34.8 Å². The van der Waals surface area contributed by atoms with E-state index in [1.54, 1.807) is 43.3 Å². The number of rotatable bonds is 3. The van der Waals surface area contributed by atoms with Crippen molar-refractivity contribution in [2.45, 2.75) is 13.0 Å². The van der Waals surface area contributed by atoms with E-state index < -0.39 is 6.10 Å². The van der Waals surface area contributed by atoms with Gasteiger partial charge in [0.05, 0.1) is 16.7 Å². The molecule has 0 heterocycles. The number of halogens is 2. The molecule has 5 heteroatoms. The highest BCUT2D eigenvalue weighted by Crippen LogP contribution is 2.23. The highest BCUT2D eigenvalue weighted by molar-refractivity contribution is 6.36. The first-order valence-corrected chi connectivity index (χ1v) is 6.77. The van der Waals surface area contributed by atoms with Crippen LogP contribution in [0.4, 0.5) is 5.69 Å². The second-order valence-electron chi connectivity index (χ2n) is 4.38. The van der Waals surface area contributed by atoms with Crippen molar-refractivity contribution in [3.8, 4) is 0 Å². The van der Waals surface area contributed by atoms with E-state index in [1.165, 1.54) is 6.07 Å². The van der Waals surface area contributed by atoms with Crippen molar-refractivity contribution in [1.82, 2.24) is 0 Å². The average molecular weight is 310 g/mol. The maximum absolute atomic E-state index is 12.2. The van der Waals surface area contributed by atoms with Crippen LogP contribution in [0, 0.1) is 0 Å². The molecule has 2 aromatic carbocycles. The summed E-state index contributed by atoms with van der Waals surface area (Å²) in [4.78, 5) is 12.2. The lowest BCUT2D eigenvalue weighted by molar-refractivity contribution is 0.102. The fraction of sp³-hybridized carbons (Fsp3) is 0.133. The van der Waals surface area contributed by atoms with E-state index in [2.05, 4.69) is 5.32 Å². The van der Waals surface area contributed by atoms with Crippen molar-refractivity contribution in [2.75, 3.05) is 5.32 Å². The summed E-state index contributed by atoms with van der Waals surface area (Å²) in [5.74, 6) is -0.347. The minimum absolute atomic E-state index is 0.307. The van der Waals surface area contributed by atoms with Gasteiger partial charge in [0, 0.05) is 10.7 Å². The number of nitrogens with one attached hydrogen (secondary N) is 1. The number of hydrogen-bond donors (Lipinski definition) is 2. The molecule has 0 aromatic heterocycles. The molecule has 0 spiro atoms. The average Bonchev–Trinajstić information content (AvgIpc) is 2.41. The molecule has 0 fully saturated rings. The second-order valence-corrected chi connectivity index (χ2v) is 5.22. The third kappa shape index (κ3) is 3.51. The molecular formula is C15H13Cl2NO2. The Morgan fingerprint density at radius 3 is 2.65 bits per heavy atom. The first kappa shape index (κ1) is 14.9. The maximum atomic E-state index is 12.2. The number of aliphatic hydroxyl groups excluding tert-OH is 1. The molecule has 2 aromatic rings. The van der Waals surface area contributed by atoms with Crippen LogP contribution in [0.3, 0.4) is 0 Å². The van der Waals surface area contributed by atoms with E-state index in [0.717, 1.165) is 5.56 Å². The molecule has 0 aliphatic heterocycles. The fourth-order valence-corrected chi connectivity index (χ4v) is 2.12. The van der Waals surface area contributed by atoms with Gasteiger partial charge < -0.3 is 10.4 Å². The summed E-state index contributed by atoms with van der Waals surface area (Å²) in [5, 5.41) is 13.0. The van der Waals surface area contributed by atoms with Gasteiger partial charge in [0.2, 0.25) is 0 Å². The van der Waals surface area contributed by atoms with Crippen LogP contribution in [-0.2, 0) is 0 Å². The lowest BCUT2D eigenvalue weighted by Crippen LogP contribution is -2.12. The van der Waals surface area contributed by atoms with Crippen LogP contribution < -0.4 is 5.32 Å². The van der Waals surface area contributed by atoms with Crippen molar-refractivity contribution in [3.05, 3.63) is 63.6 Å². The normalized spacial score (nSPS) is 12.0. The molecule has 0 aliphatic rings.